The molecule has 0 N–H and O–H groups in total. The van der Waals surface area contributed by atoms with Crippen LogP contribution < -0.4 is 9.64 Å². The van der Waals surface area contributed by atoms with Gasteiger partial charge in [-0.1, -0.05) is 159 Å². The van der Waals surface area contributed by atoms with Crippen molar-refractivity contribution in [1.82, 2.24) is 0 Å². The van der Waals surface area contributed by atoms with E-state index in [1.54, 1.807) is 0 Å². The summed E-state index contributed by atoms with van der Waals surface area (Å²) in [5, 5.41) is 2.59. The van der Waals surface area contributed by atoms with Crippen molar-refractivity contribution in [3.05, 3.63) is 234 Å². The number of hydrogen-bond acceptors (Lipinski definition) is 3. The van der Waals surface area contributed by atoms with Crippen LogP contribution in [0.2, 0.25) is 0 Å². The van der Waals surface area contributed by atoms with Crippen molar-refractivity contribution in [3.63, 3.8) is 0 Å². The quantitative estimate of drug-likeness (QED) is 0.176. The Bertz CT molecular complexity index is 3420. The van der Waals surface area contributed by atoms with E-state index >= 15 is 0 Å². The van der Waals surface area contributed by atoms with Crippen LogP contribution in [0, 0.1) is 0 Å². The molecule has 0 saturated carbocycles. The van der Waals surface area contributed by atoms with Gasteiger partial charge in [-0.15, -0.1) is 11.3 Å². The Morgan fingerprint density at radius 2 is 0.918 bits per heavy atom. The molecule has 13 rings (SSSR count). The van der Waals surface area contributed by atoms with Gasteiger partial charge in [0.05, 0.1) is 11.1 Å². The van der Waals surface area contributed by atoms with Crippen LogP contribution >= 0.6 is 11.3 Å². The Hall–Kier alpha value is -7.20. The molecule has 0 saturated heterocycles. The lowest BCUT2D eigenvalue weighted by Gasteiger charge is -2.40. The van der Waals surface area contributed by atoms with Crippen molar-refractivity contribution in [2.45, 2.75) is 24.7 Å². The van der Waals surface area contributed by atoms with Crippen LogP contribution in [0.5, 0.6) is 11.5 Å². The fraction of sp³-hybridized carbons (Fsp3) is 0.0690. The van der Waals surface area contributed by atoms with E-state index in [0.717, 1.165) is 39.7 Å². The summed E-state index contributed by atoms with van der Waals surface area (Å²) in [4.78, 5) is 2.50. The predicted molar refractivity (Wildman–Crippen MR) is 254 cm³/mol. The second-order valence-corrected chi connectivity index (χ2v) is 18.2. The van der Waals surface area contributed by atoms with Crippen LogP contribution in [0.15, 0.2) is 200 Å². The van der Waals surface area contributed by atoms with Gasteiger partial charge < -0.3 is 9.64 Å². The molecule has 61 heavy (non-hydrogen) atoms. The van der Waals surface area contributed by atoms with Gasteiger partial charge in [0.25, 0.3) is 0 Å². The topological polar surface area (TPSA) is 12.5 Å². The number of thiophene rings is 1. The zero-order chi connectivity index (χ0) is 40.5. The largest absolute Gasteiger partial charge is 0.457 e. The summed E-state index contributed by atoms with van der Waals surface area (Å²) in [6, 6.07) is 74.1. The first-order valence-corrected chi connectivity index (χ1v) is 22.0. The number of fused-ring (bicyclic) bond motifs is 15. The van der Waals surface area contributed by atoms with E-state index in [1.807, 2.05) is 11.3 Å². The molecule has 0 atom stereocenters. The highest BCUT2D eigenvalue weighted by Crippen LogP contribution is 2.63. The van der Waals surface area contributed by atoms with Gasteiger partial charge in [-0.05, 0) is 105 Å². The number of nitrogens with zero attached hydrogens (tertiary/aromatic N) is 1. The van der Waals surface area contributed by atoms with Gasteiger partial charge in [0, 0.05) is 53.7 Å². The lowest BCUT2D eigenvalue weighted by atomic mass is 9.66. The van der Waals surface area contributed by atoms with Crippen molar-refractivity contribution < 1.29 is 4.74 Å². The summed E-state index contributed by atoms with van der Waals surface area (Å²) in [7, 11) is 0. The molecule has 2 heterocycles. The summed E-state index contributed by atoms with van der Waals surface area (Å²) >= 11 is 1.87. The van der Waals surface area contributed by atoms with E-state index in [-0.39, 0.29) is 5.41 Å². The zero-order valence-corrected chi connectivity index (χ0v) is 34.6. The molecule has 0 fully saturated rings. The molecule has 3 heteroatoms. The molecule has 2 nitrogen and oxygen atoms in total. The van der Waals surface area contributed by atoms with E-state index in [9.17, 15) is 0 Å². The molecule has 288 valence electrons. The van der Waals surface area contributed by atoms with Crippen molar-refractivity contribution in [3.8, 4) is 44.9 Å². The second-order valence-electron chi connectivity index (χ2n) is 17.1. The molecule has 1 spiro atoms. The molecular formula is C58H39NOS. The first kappa shape index (κ1) is 34.6. The van der Waals surface area contributed by atoms with Gasteiger partial charge >= 0.3 is 0 Å². The smallest absolute Gasteiger partial charge is 0.132 e. The number of rotatable bonds is 4. The van der Waals surface area contributed by atoms with E-state index in [1.165, 1.54) is 75.8 Å². The highest BCUT2D eigenvalue weighted by Gasteiger charge is 2.51. The van der Waals surface area contributed by atoms with Gasteiger partial charge in [0.2, 0.25) is 0 Å². The molecule has 1 aliphatic heterocycles. The number of hydrogen-bond donors (Lipinski definition) is 0. The van der Waals surface area contributed by atoms with Gasteiger partial charge in [-0.2, -0.15) is 0 Å². The van der Waals surface area contributed by atoms with E-state index in [4.69, 9.17) is 4.74 Å². The summed E-state index contributed by atoms with van der Waals surface area (Å²) < 4.78 is 9.52. The van der Waals surface area contributed by atoms with Crippen LogP contribution in [0.3, 0.4) is 0 Å². The minimum Gasteiger partial charge on any atom is -0.457 e. The third-order valence-corrected chi connectivity index (χ3v) is 14.9. The maximum absolute atomic E-state index is 6.92. The molecule has 0 bridgehead atoms. The first-order chi connectivity index (χ1) is 30.0. The normalized spacial score (nSPS) is 14.5. The summed E-state index contributed by atoms with van der Waals surface area (Å²) in [6.45, 7) is 4.74. The average Bonchev–Trinajstić information content (AvgIpc) is 3.91. The fourth-order valence-corrected chi connectivity index (χ4v) is 12.3. The molecular weight excluding hydrogens is 759 g/mol. The van der Waals surface area contributed by atoms with Gasteiger partial charge in [-0.3, -0.25) is 0 Å². The highest BCUT2D eigenvalue weighted by atomic mass is 32.1. The van der Waals surface area contributed by atoms with Crippen molar-refractivity contribution >= 4 is 48.6 Å². The molecule has 3 aliphatic rings. The second kappa shape index (κ2) is 12.7. The summed E-state index contributed by atoms with van der Waals surface area (Å²) in [5.74, 6) is 1.77. The maximum atomic E-state index is 6.92. The molecule has 0 amide bonds. The molecule has 0 unspecified atom stereocenters. The Kier molecular flexibility index (Phi) is 7.19. The number of anilines is 3. The van der Waals surface area contributed by atoms with Gasteiger partial charge in [-0.25, -0.2) is 0 Å². The summed E-state index contributed by atoms with van der Waals surface area (Å²) in [5.41, 5.74) is 17.7. The molecule has 2 aliphatic carbocycles. The monoisotopic (exact) mass is 797 g/mol. The van der Waals surface area contributed by atoms with Crippen LogP contribution in [0.25, 0.3) is 53.6 Å². The first-order valence-electron chi connectivity index (χ1n) is 21.2. The fourth-order valence-electron chi connectivity index (χ4n) is 11.1. The van der Waals surface area contributed by atoms with Crippen molar-refractivity contribution in [2.75, 3.05) is 4.90 Å². The minimum absolute atomic E-state index is 0.164. The van der Waals surface area contributed by atoms with E-state index in [2.05, 4.69) is 219 Å². The summed E-state index contributed by atoms with van der Waals surface area (Å²) in [6.07, 6.45) is 0. The molecule has 9 aromatic carbocycles. The number of benzene rings is 9. The minimum atomic E-state index is -0.582. The third kappa shape index (κ3) is 4.67. The molecule has 1 aromatic heterocycles. The maximum Gasteiger partial charge on any atom is 0.132 e. The lowest BCUT2D eigenvalue weighted by Crippen LogP contribution is -2.32. The van der Waals surface area contributed by atoms with E-state index < -0.39 is 5.41 Å². The average molecular weight is 798 g/mol. The van der Waals surface area contributed by atoms with Crippen LogP contribution in [0.1, 0.15) is 47.2 Å². The van der Waals surface area contributed by atoms with Gasteiger partial charge in [0.1, 0.15) is 11.5 Å². The van der Waals surface area contributed by atoms with Crippen LogP contribution in [-0.4, -0.2) is 0 Å². The number of para-hydroxylation sites is 2. The Labute approximate surface area is 359 Å². The third-order valence-electron chi connectivity index (χ3n) is 13.8. The zero-order valence-electron chi connectivity index (χ0n) is 33.8. The SMILES string of the molecule is CC1(C)c2ccccc2-c2ccc(N(c3ccc4c(c3)C3(c5ccccc5O4)c4ccccc4-c4ccccc43)c3ccccc3-c3cccc4sc5ccccc5c34)cc21. The van der Waals surface area contributed by atoms with Crippen molar-refractivity contribution in [2.24, 2.45) is 0 Å². The Balaban J connectivity index is 1.10. The van der Waals surface area contributed by atoms with Gasteiger partial charge in [0.15, 0.2) is 0 Å². The standard InChI is InChI=1S/C58H39NOS/c1-57(2)45-22-8-3-16-38(45)41-32-30-36(34-49(41)57)59(51-26-12-6-19-42(51)43-21-15-29-55-56(43)44-20-7-14-28-54(44)61-55)37-31-33-53-50(35-37)58(48-25-11-13-27-52(48)60-53)46-23-9-4-17-39(46)40-18-5-10-24-47(40)58/h3-35H,1-2H3. The number of ether oxygens (including phenoxy) is 1. The van der Waals surface area contributed by atoms with Crippen LogP contribution in [0.4, 0.5) is 17.1 Å². The highest BCUT2D eigenvalue weighted by molar-refractivity contribution is 7.25. The molecule has 10 aromatic rings. The van der Waals surface area contributed by atoms with Crippen molar-refractivity contribution in [1.29, 1.82) is 0 Å². The predicted octanol–water partition coefficient (Wildman–Crippen LogP) is 16.0. The molecule has 0 radical (unpaired) electrons. The van der Waals surface area contributed by atoms with E-state index in [0.29, 0.717) is 0 Å². The Morgan fingerprint density at radius 3 is 1.69 bits per heavy atom. The lowest BCUT2D eigenvalue weighted by molar-refractivity contribution is 0.436. The Morgan fingerprint density at radius 1 is 0.393 bits per heavy atom. The van der Waals surface area contributed by atoms with Crippen LogP contribution in [-0.2, 0) is 10.8 Å².